The van der Waals surface area contributed by atoms with Crippen molar-refractivity contribution in [2.24, 2.45) is 17.8 Å². The van der Waals surface area contributed by atoms with Gasteiger partial charge in [-0.1, -0.05) is 49.4 Å². The quantitative estimate of drug-likeness (QED) is 0.917. The first-order valence-electron chi connectivity index (χ1n) is 9.87. The summed E-state index contributed by atoms with van der Waals surface area (Å²) >= 11 is 0. The minimum absolute atomic E-state index is 0.189. The number of aromatic carboxylic acids is 1. The first kappa shape index (κ1) is 15.9. The number of nitrogens with one attached hydrogen (secondary N) is 1. The van der Waals surface area contributed by atoms with Crippen LogP contribution in [0.25, 0.3) is 0 Å². The average Bonchev–Trinajstić information content (AvgIpc) is 3.29. The molecule has 2 fully saturated rings. The van der Waals surface area contributed by atoms with E-state index in [1.165, 1.54) is 36.0 Å². The molecule has 0 aromatic heterocycles. The summed E-state index contributed by atoms with van der Waals surface area (Å²) in [4.78, 5) is 11.7. The Morgan fingerprint density at radius 3 is 2.62 bits per heavy atom. The molecule has 0 radical (unpaired) electrons. The fourth-order valence-electron chi connectivity index (χ4n) is 5.97. The molecule has 1 aliphatic heterocycles. The van der Waals surface area contributed by atoms with E-state index in [1.807, 2.05) is 6.07 Å². The number of fused-ring (bicyclic) bond motifs is 7. The van der Waals surface area contributed by atoms with E-state index in [4.69, 9.17) is 0 Å². The fraction of sp³-hybridized carbons (Fsp3) is 0.435. The smallest absolute Gasteiger partial charge is 0.0736 e. The summed E-state index contributed by atoms with van der Waals surface area (Å²) in [6.07, 6.45) is 4.91. The fourth-order valence-corrected chi connectivity index (χ4v) is 5.97. The lowest BCUT2D eigenvalue weighted by Crippen LogP contribution is -2.37. The van der Waals surface area contributed by atoms with Crippen LogP contribution in [0, 0.1) is 17.8 Å². The Hall–Kier alpha value is -2.29. The molecule has 0 saturated heterocycles. The number of aryl methyl sites for hydroxylation is 1. The van der Waals surface area contributed by atoms with Crippen molar-refractivity contribution in [2.45, 2.75) is 44.6 Å². The summed E-state index contributed by atoms with van der Waals surface area (Å²) < 4.78 is 0. The first-order chi connectivity index (χ1) is 12.7. The minimum atomic E-state index is -1.09. The summed E-state index contributed by atoms with van der Waals surface area (Å²) in [7, 11) is 0. The van der Waals surface area contributed by atoms with Crippen LogP contribution in [0.5, 0.6) is 0 Å². The van der Waals surface area contributed by atoms with Gasteiger partial charge >= 0.3 is 0 Å². The van der Waals surface area contributed by atoms with E-state index in [9.17, 15) is 9.90 Å². The Morgan fingerprint density at radius 2 is 1.88 bits per heavy atom. The van der Waals surface area contributed by atoms with Crippen LogP contribution in [0.1, 0.15) is 65.2 Å². The topological polar surface area (TPSA) is 52.2 Å². The number of carbonyl (C=O) groups is 1. The van der Waals surface area contributed by atoms with Gasteiger partial charge in [0, 0.05) is 11.3 Å². The van der Waals surface area contributed by atoms with E-state index in [2.05, 4.69) is 42.6 Å². The molecule has 2 aromatic rings. The second-order valence-corrected chi connectivity index (χ2v) is 8.21. The predicted octanol–water partition coefficient (Wildman–Crippen LogP) is 3.91. The van der Waals surface area contributed by atoms with Crippen LogP contribution in [-0.4, -0.2) is 5.97 Å². The van der Waals surface area contributed by atoms with Crippen molar-refractivity contribution < 1.29 is 9.90 Å². The summed E-state index contributed by atoms with van der Waals surface area (Å²) in [5, 5.41) is 15.3. The number of anilines is 1. The van der Waals surface area contributed by atoms with Gasteiger partial charge in [0.15, 0.2) is 0 Å². The molecule has 1 N–H and O–H groups in total. The first-order valence-corrected chi connectivity index (χ1v) is 9.87. The van der Waals surface area contributed by atoms with E-state index in [0.29, 0.717) is 23.3 Å². The largest absolute Gasteiger partial charge is 0.545 e. The molecule has 5 atom stereocenters. The zero-order chi connectivity index (χ0) is 17.8. The number of para-hydroxylation sites is 1. The Balaban J connectivity index is 1.64. The third kappa shape index (κ3) is 2.22. The summed E-state index contributed by atoms with van der Waals surface area (Å²) in [6, 6.07) is 14.7. The second kappa shape index (κ2) is 5.87. The Morgan fingerprint density at radius 1 is 1.12 bits per heavy atom. The number of hydrogen-bond donors (Lipinski definition) is 1. The highest BCUT2D eigenvalue weighted by atomic mass is 16.4. The number of rotatable bonds is 3. The zero-order valence-corrected chi connectivity index (χ0v) is 15.1. The van der Waals surface area contributed by atoms with Crippen molar-refractivity contribution in [3.8, 4) is 0 Å². The average molecular weight is 346 g/mol. The maximum Gasteiger partial charge on any atom is 0.0736 e. The highest BCUT2D eigenvalue weighted by Gasteiger charge is 2.54. The third-order valence-electron chi connectivity index (χ3n) is 7.09. The third-order valence-corrected chi connectivity index (χ3v) is 7.09. The maximum absolute atomic E-state index is 11.7. The molecule has 0 amide bonds. The molecule has 26 heavy (non-hydrogen) atoms. The van der Waals surface area contributed by atoms with Gasteiger partial charge in [0.1, 0.15) is 0 Å². The predicted molar refractivity (Wildman–Crippen MR) is 100 cm³/mol. The standard InChI is InChI=1S/C23H25NO2/c1-2-13-6-8-14(9-7-13)21-20-16-11-10-15(12-16)19(20)17-4-3-5-18(23(25)26)22(17)24-21/h3-9,15-16,19-21,24H,2,10-12H2,1H3,(H,25,26)/p-1/t15-,16+,19-,20+,21-/m0/s1. The maximum atomic E-state index is 11.7. The molecule has 2 bridgehead atoms. The van der Waals surface area contributed by atoms with Crippen LogP contribution < -0.4 is 10.4 Å². The van der Waals surface area contributed by atoms with Gasteiger partial charge in [-0.3, -0.25) is 0 Å². The molecule has 134 valence electrons. The Kier molecular flexibility index (Phi) is 3.59. The van der Waals surface area contributed by atoms with Crippen molar-refractivity contribution >= 4 is 11.7 Å². The lowest BCUT2D eigenvalue weighted by molar-refractivity contribution is -0.254. The summed E-state index contributed by atoms with van der Waals surface area (Å²) in [5.74, 6) is 1.38. The SMILES string of the molecule is CCc1ccc([C@@H]2Nc3c(C(=O)[O-])cccc3[C@@H]3[C@H]4CC[C@H](C4)[C@H]32)cc1. The lowest BCUT2D eigenvalue weighted by Gasteiger charge is -2.44. The van der Waals surface area contributed by atoms with E-state index < -0.39 is 5.97 Å². The van der Waals surface area contributed by atoms with Gasteiger partial charge in [0.05, 0.1) is 12.0 Å². The number of benzene rings is 2. The van der Waals surface area contributed by atoms with E-state index in [-0.39, 0.29) is 6.04 Å². The van der Waals surface area contributed by atoms with Gasteiger partial charge in [-0.25, -0.2) is 0 Å². The lowest BCUT2D eigenvalue weighted by atomic mass is 9.67. The van der Waals surface area contributed by atoms with Crippen molar-refractivity contribution in [2.75, 3.05) is 5.32 Å². The van der Waals surface area contributed by atoms with Gasteiger partial charge in [-0.15, -0.1) is 0 Å². The molecule has 3 aliphatic rings. The van der Waals surface area contributed by atoms with Gasteiger partial charge < -0.3 is 15.2 Å². The van der Waals surface area contributed by atoms with Crippen molar-refractivity contribution in [1.82, 2.24) is 0 Å². The Labute approximate surface area is 154 Å². The molecule has 0 unspecified atom stereocenters. The van der Waals surface area contributed by atoms with Crippen LogP contribution in [0.4, 0.5) is 5.69 Å². The van der Waals surface area contributed by atoms with Crippen LogP contribution in [0.15, 0.2) is 42.5 Å². The Bertz CT molecular complexity index is 857. The van der Waals surface area contributed by atoms with Gasteiger partial charge in [-0.2, -0.15) is 0 Å². The minimum Gasteiger partial charge on any atom is -0.545 e. The molecule has 0 spiro atoms. The molecule has 3 nitrogen and oxygen atoms in total. The van der Waals surface area contributed by atoms with E-state index in [1.54, 1.807) is 6.07 Å². The monoisotopic (exact) mass is 346 g/mol. The normalized spacial score (nSPS) is 31.2. The molecule has 2 saturated carbocycles. The zero-order valence-electron chi connectivity index (χ0n) is 15.1. The van der Waals surface area contributed by atoms with Crippen molar-refractivity contribution in [3.05, 3.63) is 64.7 Å². The van der Waals surface area contributed by atoms with Gasteiger partial charge in [-0.05, 0) is 66.0 Å². The molecule has 5 rings (SSSR count). The second-order valence-electron chi connectivity index (χ2n) is 8.21. The van der Waals surface area contributed by atoms with Crippen LogP contribution in [0.3, 0.4) is 0 Å². The van der Waals surface area contributed by atoms with Crippen LogP contribution in [-0.2, 0) is 6.42 Å². The summed E-state index contributed by atoms with van der Waals surface area (Å²) in [5.41, 5.74) is 4.92. The molecule has 2 aliphatic carbocycles. The molecule has 2 aromatic carbocycles. The van der Waals surface area contributed by atoms with E-state index >= 15 is 0 Å². The van der Waals surface area contributed by atoms with Crippen LogP contribution in [0.2, 0.25) is 0 Å². The van der Waals surface area contributed by atoms with Gasteiger partial charge in [0.2, 0.25) is 0 Å². The van der Waals surface area contributed by atoms with Crippen molar-refractivity contribution in [3.63, 3.8) is 0 Å². The van der Waals surface area contributed by atoms with Gasteiger partial charge in [0.25, 0.3) is 0 Å². The number of carboxylic acids is 1. The number of hydrogen-bond acceptors (Lipinski definition) is 3. The molecule has 3 heteroatoms. The molecular formula is C23H24NO2-. The molecular weight excluding hydrogens is 322 g/mol. The number of carbonyl (C=O) groups excluding carboxylic acids is 1. The highest BCUT2D eigenvalue weighted by Crippen LogP contribution is 2.63. The van der Waals surface area contributed by atoms with Crippen molar-refractivity contribution in [1.29, 1.82) is 0 Å². The molecule has 1 heterocycles. The number of carboxylic acid groups (broad SMARTS) is 1. The highest BCUT2D eigenvalue weighted by molar-refractivity contribution is 5.94. The van der Waals surface area contributed by atoms with E-state index in [0.717, 1.165) is 18.0 Å². The van der Waals surface area contributed by atoms with Crippen LogP contribution >= 0.6 is 0 Å². The summed E-state index contributed by atoms with van der Waals surface area (Å²) in [6.45, 7) is 2.17.